The van der Waals surface area contributed by atoms with Gasteiger partial charge in [-0.3, -0.25) is 4.79 Å². The maximum atomic E-state index is 13.5. The van der Waals surface area contributed by atoms with Gasteiger partial charge < -0.3 is 4.74 Å². The largest absolute Gasteiger partial charge is 0.459 e. The molecular formula is C22H28FNO4S. The van der Waals surface area contributed by atoms with E-state index in [4.69, 9.17) is 4.74 Å². The van der Waals surface area contributed by atoms with E-state index >= 15 is 0 Å². The fraction of sp³-hybridized carbons (Fsp3) is 0.409. The van der Waals surface area contributed by atoms with Gasteiger partial charge >= 0.3 is 5.97 Å². The van der Waals surface area contributed by atoms with Gasteiger partial charge in [-0.2, -0.15) is 4.31 Å². The molecule has 0 aliphatic heterocycles. The summed E-state index contributed by atoms with van der Waals surface area (Å²) in [7, 11) is -4.10. The van der Waals surface area contributed by atoms with Crippen molar-refractivity contribution in [3.8, 4) is 0 Å². The first-order chi connectivity index (χ1) is 13.4. The molecule has 0 heterocycles. The van der Waals surface area contributed by atoms with Gasteiger partial charge in [0.05, 0.1) is 4.90 Å². The van der Waals surface area contributed by atoms with Gasteiger partial charge in [0.1, 0.15) is 17.5 Å². The van der Waals surface area contributed by atoms with Gasteiger partial charge in [0.25, 0.3) is 0 Å². The average Bonchev–Trinajstić information content (AvgIpc) is 2.60. The molecule has 29 heavy (non-hydrogen) atoms. The lowest BCUT2D eigenvalue weighted by Gasteiger charge is -2.34. The van der Waals surface area contributed by atoms with Crippen molar-refractivity contribution in [2.75, 3.05) is 0 Å². The van der Waals surface area contributed by atoms with Gasteiger partial charge in [-0.15, -0.1) is 0 Å². The number of carbonyl (C=O) groups excluding carboxylic acids is 1. The highest BCUT2D eigenvalue weighted by atomic mass is 32.2. The van der Waals surface area contributed by atoms with Crippen LogP contribution in [0.4, 0.5) is 4.39 Å². The highest BCUT2D eigenvalue weighted by Gasteiger charge is 2.40. The van der Waals surface area contributed by atoms with E-state index in [2.05, 4.69) is 0 Å². The summed E-state index contributed by atoms with van der Waals surface area (Å²) in [4.78, 5) is 12.9. The molecule has 0 aliphatic rings. The SMILES string of the molecule is CC(C)[C@H](C(=O)OC(C)(C)C)N(Cc1ccccc1)S(=O)(=O)c1ccc(F)cc1. The number of carbonyl (C=O) groups is 1. The van der Waals surface area contributed by atoms with Crippen LogP contribution in [0.25, 0.3) is 0 Å². The van der Waals surface area contributed by atoms with Crippen molar-refractivity contribution in [1.82, 2.24) is 4.31 Å². The fourth-order valence-corrected chi connectivity index (χ4v) is 4.62. The van der Waals surface area contributed by atoms with Crippen LogP contribution in [0.5, 0.6) is 0 Å². The van der Waals surface area contributed by atoms with E-state index < -0.39 is 33.5 Å². The second-order valence-corrected chi connectivity index (χ2v) is 10.1. The van der Waals surface area contributed by atoms with Gasteiger partial charge in [-0.1, -0.05) is 44.2 Å². The molecule has 2 aromatic rings. The number of hydrogen-bond donors (Lipinski definition) is 0. The van der Waals surface area contributed by atoms with Crippen molar-refractivity contribution in [3.05, 3.63) is 66.0 Å². The lowest BCUT2D eigenvalue weighted by Crippen LogP contribution is -2.49. The number of sulfonamides is 1. The summed E-state index contributed by atoms with van der Waals surface area (Å²) >= 11 is 0. The second-order valence-electron chi connectivity index (χ2n) is 8.21. The molecule has 0 N–H and O–H groups in total. The predicted molar refractivity (Wildman–Crippen MR) is 110 cm³/mol. The van der Waals surface area contributed by atoms with Crippen LogP contribution in [-0.4, -0.2) is 30.3 Å². The molecule has 1 atom stereocenters. The Balaban J connectivity index is 2.55. The third-order valence-corrected chi connectivity index (χ3v) is 6.03. The van der Waals surface area contributed by atoms with Gasteiger partial charge in [-0.25, -0.2) is 12.8 Å². The van der Waals surface area contributed by atoms with Crippen molar-refractivity contribution in [1.29, 1.82) is 0 Å². The third-order valence-electron chi connectivity index (χ3n) is 4.19. The Morgan fingerprint density at radius 3 is 2.07 bits per heavy atom. The van der Waals surface area contributed by atoms with Gasteiger partial charge in [-0.05, 0) is 56.5 Å². The van der Waals surface area contributed by atoms with Crippen LogP contribution >= 0.6 is 0 Å². The predicted octanol–water partition coefficient (Wildman–Crippen LogP) is 4.38. The Hall–Kier alpha value is -2.25. The number of halogens is 1. The van der Waals surface area contributed by atoms with E-state index in [1.807, 2.05) is 6.07 Å². The molecule has 0 amide bonds. The quantitative estimate of drug-likeness (QED) is 0.622. The molecule has 0 radical (unpaired) electrons. The first-order valence-electron chi connectivity index (χ1n) is 9.46. The van der Waals surface area contributed by atoms with Crippen molar-refractivity contribution < 1.29 is 22.3 Å². The molecule has 0 aliphatic carbocycles. The topological polar surface area (TPSA) is 63.7 Å². The van der Waals surface area contributed by atoms with E-state index in [0.717, 1.165) is 22.0 Å². The molecule has 158 valence electrons. The minimum atomic E-state index is -4.10. The first kappa shape index (κ1) is 23.0. The maximum Gasteiger partial charge on any atom is 0.325 e. The molecule has 0 unspecified atom stereocenters. The molecule has 0 saturated carbocycles. The van der Waals surface area contributed by atoms with Crippen LogP contribution in [0.2, 0.25) is 0 Å². The van der Waals surface area contributed by atoms with Crippen LogP contribution in [0.3, 0.4) is 0 Å². The Labute approximate surface area is 172 Å². The molecule has 2 aromatic carbocycles. The molecule has 0 spiro atoms. The van der Waals surface area contributed by atoms with Gasteiger partial charge in [0, 0.05) is 6.54 Å². The highest BCUT2D eigenvalue weighted by Crippen LogP contribution is 2.27. The smallest absolute Gasteiger partial charge is 0.325 e. The van der Waals surface area contributed by atoms with Crippen molar-refractivity contribution >= 4 is 16.0 Å². The monoisotopic (exact) mass is 421 g/mol. The maximum absolute atomic E-state index is 13.5. The van der Waals surface area contributed by atoms with Crippen LogP contribution in [0.1, 0.15) is 40.2 Å². The lowest BCUT2D eigenvalue weighted by molar-refractivity contribution is -0.161. The zero-order chi connectivity index (χ0) is 21.8. The summed E-state index contributed by atoms with van der Waals surface area (Å²) in [6.07, 6.45) is 0. The number of benzene rings is 2. The Kier molecular flexibility index (Phi) is 7.19. The van der Waals surface area contributed by atoms with E-state index in [1.165, 1.54) is 12.1 Å². The van der Waals surface area contributed by atoms with E-state index in [9.17, 15) is 17.6 Å². The summed E-state index contributed by atoms with van der Waals surface area (Å²) in [5, 5.41) is 0. The Morgan fingerprint density at radius 1 is 1.03 bits per heavy atom. The van der Waals surface area contributed by atoms with Crippen LogP contribution in [0.15, 0.2) is 59.5 Å². The zero-order valence-corrected chi connectivity index (χ0v) is 18.2. The van der Waals surface area contributed by atoms with E-state index in [0.29, 0.717) is 0 Å². The molecule has 7 heteroatoms. The number of rotatable bonds is 7. The molecule has 0 fully saturated rings. The van der Waals surface area contributed by atoms with Gasteiger partial charge in [0.2, 0.25) is 10.0 Å². The van der Waals surface area contributed by atoms with E-state index in [1.54, 1.807) is 58.9 Å². The Bertz CT molecular complexity index is 920. The summed E-state index contributed by atoms with van der Waals surface area (Å²) in [6, 6.07) is 12.6. The van der Waals surface area contributed by atoms with E-state index in [-0.39, 0.29) is 17.4 Å². The minimum Gasteiger partial charge on any atom is -0.459 e. The molecule has 0 saturated heterocycles. The average molecular weight is 422 g/mol. The standard InChI is InChI=1S/C22H28FNO4S/c1-16(2)20(21(25)28-22(3,4)5)24(15-17-9-7-6-8-10-17)29(26,27)19-13-11-18(23)12-14-19/h6-14,16,20H,15H2,1-5H3/t20-/m1/s1. The van der Waals surface area contributed by atoms with Crippen molar-refractivity contribution in [2.24, 2.45) is 5.92 Å². The molecule has 0 aromatic heterocycles. The van der Waals surface area contributed by atoms with Crippen LogP contribution < -0.4 is 0 Å². The Morgan fingerprint density at radius 2 is 1.59 bits per heavy atom. The lowest BCUT2D eigenvalue weighted by atomic mass is 10.0. The van der Waals surface area contributed by atoms with Gasteiger partial charge in [0.15, 0.2) is 0 Å². The number of esters is 1. The van der Waals surface area contributed by atoms with Crippen LogP contribution in [-0.2, 0) is 26.1 Å². The first-order valence-corrected chi connectivity index (χ1v) is 10.9. The summed E-state index contributed by atoms with van der Waals surface area (Å²) in [5.74, 6) is -1.50. The molecule has 2 rings (SSSR count). The molecular weight excluding hydrogens is 393 g/mol. The minimum absolute atomic E-state index is 0.0113. The van der Waals surface area contributed by atoms with Crippen molar-refractivity contribution in [3.63, 3.8) is 0 Å². The fourth-order valence-electron chi connectivity index (χ4n) is 2.92. The third kappa shape index (κ3) is 6.11. The zero-order valence-electron chi connectivity index (χ0n) is 17.4. The number of nitrogens with zero attached hydrogens (tertiary/aromatic N) is 1. The normalized spacial score (nSPS) is 13.5. The number of hydrogen-bond acceptors (Lipinski definition) is 4. The van der Waals surface area contributed by atoms with Crippen molar-refractivity contribution in [2.45, 2.75) is 57.7 Å². The molecule has 0 bridgehead atoms. The summed E-state index contributed by atoms with van der Waals surface area (Å²) in [6.45, 7) is 8.73. The molecule has 5 nitrogen and oxygen atoms in total. The summed E-state index contributed by atoms with van der Waals surface area (Å²) in [5.41, 5.74) is -0.0326. The second kappa shape index (κ2) is 9.05. The summed E-state index contributed by atoms with van der Waals surface area (Å²) < 4.78 is 46.9. The highest BCUT2D eigenvalue weighted by molar-refractivity contribution is 7.89. The van der Waals surface area contributed by atoms with Crippen LogP contribution in [0, 0.1) is 11.7 Å². The number of ether oxygens (including phenoxy) is 1.